The molecule has 6 nitrogen and oxygen atoms in total. The van der Waals surface area contributed by atoms with Gasteiger partial charge in [-0.05, 0) is 60.1 Å². The van der Waals surface area contributed by atoms with Crippen molar-refractivity contribution >= 4 is 11.6 Å². The minimum atomic E-state index is 0.245. The Morgan fingerprint density at radius 3 is 2.19 bits per heavy atom. The summed E-state index contributed by atoms with van der Waals surface area (Å²) in [6.45, 7) is 10.6. The number of hydrogen-bond donors (Lipinski definition) is 0. The molecule has 1 unspecified atom stereocenters. The Morgan fingerprint density at radius 1 is 0.814 bits per heavy atom. The van der Waals surface area contributed by atoms with Crippen LogP contribution < -0.4 is 0 Å². The Morgan fingerprint density at radius 2 is 1.51 bits per heavy atom. The largest absolute Gasteiger partial charge is 0.463 e. The van der Waals surface area contributed by atoms with Crippen LogP contribution in [0.4, 0.5) is 0 Å². The molecule has 2 aromatic heterocycles. The third-order valence-electron chi connectivity index (χ3n) is 8.47. The van der Waals surface area contributed by atoms with E-state index in [0.29, 0.717) is 0 Å². The third kappa shape index (κ3) is 7.28. The van der Waals surface area contributed by atoms with E-state index in [0.717, 1.165) is 86.6 Å². The lowest BCUT2D eigenvalue weighted by Crippen LogP contribution is -2.49. The molecule has 0 saturated carbocycles. The predicted molar refractivity (Wildman–Crippen MR) is 175 cm³/mol. The molecular formula is C36H40ClN5O. The Kier molecular flexibility index (Phi) is 9.70. The number of nitrogens with zero attached hydrogens (tertiary/aromatic N) is 5. The van der Waals surface area contributed by atoms with Gasteiger partial charge in [-0.15, -0.1) is 0 Å². The molecule has 0 amide bonds. The fourth-order valence-electron chi connectivity index (χ4n) is 6.04. The van der Waals surface area contributed by atoms with Gasteiger partial charge in [0.1, 0.15) is 5.69 Å². The van der Waals surface area contributed by atoms with E-state index in [9.17, 15) is 0 Å². The smallest absolute Gasteiger partial charge is 0.152 e. The van der Waals surface area contributed by atoms with Crippen LogP contribution in [-0.2, 0) is 6.42 Å². The van der Waals surface area contributed by atoms with Gasteiger partial charge in [0, 0.05) is 57.3 Å². The molecule has 7 heteroatoms. The van der Waals surface area contributed by atoms with E-state index in [4.69, 9.17) is 21.1 Å². The number of para-hydroxylation sites is 1. The van der Waals surface area contributed by atoms with Crippen LogP contribution in [0.25, 0.3) is 17.1 Å². The second-order valence-corrected chi connectivity index (χ2v) is 11.6. The lowest BCUT2D eigenvalue weighted by atomic mass is 9.96. The second kappa shape index (κ2) is 14.2. The highest BCUT2D eigenvalue weighted by atomic mass is 35.5. The van der Waals surface area contributed by atoms with Gasteiger partial charge in [-0.2, -0.15) is 5.10 Å². The molecule has 1 saturated heterocycles. The van der Waals surface area contributed by atoms with Gasteiger partial charge in [0.15, 0.2) is 5.76 Å². The summed E-state index contributed by atoms with van der Waals surface area (Å²) in [7, 11) is 0. The van der Waals surface area contributed by atoms with Crippen LogP contribution in [0, 0.1) is 0 Å². The topological polar surface area (TPSA) is 40.7 Å². The molecule has 5 aromatic rings. The van der Waals surface area contributed by atoms with Gasteiger partial charge in [-0.1, -0.05) is 79.2 Å². The van der Waals surface area contributed by atoms with Gasteiger partial charge in [-0.3, -0.25) is 9.80 Å². The van der Waals surface area contributed by atoms with Crippen molar-refractivity contribution in [2.24, 2.45) is 0 Å². The maximum Gasteiger partial charge on any atom is 0.152 e. The highest BCUT2D eigenvalue weighted by molar-refractivity contribution is 6.30. The van der Waals surface area contributed by atoms with Crippen molar-refractivity contribution in [3.63, 3.8) is 0 Å². The number of halogens is 1. The zero-order valence-corrected chi connectivity index (χ0v) is 25.6. The number of aromatic nitrogens is 2. The summed E-state index contributed by atoms with van der Waals surface area (Å²) in [5.74, 6) is 0.833. The van der Waals surface area contributed by atoms with Crippen molar-refractivity contribution in [3.05, 3.63) is 131 Å². The fourth-order valence-corrected chi connectivity index (χ4v) is 6.17. The number of hydrogen-bond acceptors (Lipinski definition) is 5. The van der Waals surface area contributed by atoms with Crippen molar-refractivity contribution in [1.82, 2.24) is 24.5 Å². The van der Waals surface area contributed by atoms with Crippen LogP contribution in [0.1, 0.15) is 29.8 Å². The van der Waals surface area contributed by atoms with Crippen LogP contribution in [0.2, 0.25) is 5.02 Å². The lowest BCUT2D eigenvalue weighted by molar-refractivity contribution is 0.0999. The molecule has 43 heavy (non-hydrogen) atoms. The molecule has 222 valence electrons. The summed E-state index contributed by atoms with van der Waals surface area (Å²) in [6.07, 6.45) is 2.62. The van der Waals surface area contributed by atoms with Crippen molar-refractivity contribution in [2.45, 2.75) is 19.4 Å². The summed E-state index contributed by atoms with van der Waals surface area (Å²) in [6, 6.07) is 35.8. The predicted octanol–water partition coefficient (Wildman–Crippen LogP) is 7.06. The molecule has 0 spiro atoms. The molecule has 0 bridgehead atoms. The molecule has 1 aliphatic rings. The summed E-state index contributed by atoms with van der Waals surface area (Å²) in [5.41, 5.74) is 5.74. The zero-order chi connectivity index (χ0) is 29.4. The van der Waals surface area contributed by atoms with Crippen molar-refractivity contribution in [2.75, 3.05) is 52.4 Å². The van der Waals surface area contributed by atoms with E-state index in [1.54, 1.807) is 6.26 Å². The minimum Gasteiger partial charge on any atom is -0.463 e. The van der Waals surface area contributed by atoms with E-state index in [2.05, 4.69) is 82.3 Å². The molecular weight excluding hydrogens is 554 g/mol. The average molecular weight is 594 g/mol. The van der Waals surface area contributed by atoms with Crippen molar-refractivity contribution in [3.8, 4) is 17.1 Å². The number of furan rings is 1. The second-order valence-electron chi connectivity index (χ2n) is 11.2. The number of rotatable bonds is 12. The Labute approximate surface area is 260 Å². The van der Waals surface area contributed by atoms with Crippen LogP contribution >= 0.6 is 11.6 Å². The lowest BCUT2D eigenvalue weighted by Gasteiger charge is -2.40. The fraction of sp³-hybridized carbons (Fsp3) is 0.306. The quantitative estimate of drug-likeness (QED) is 0.155. The minimum absolute atomic E-state index is 0.245. The molecule has 6 rings (SSSR count). The van der Waals surface area contributed by atoms with E-state index >= 15 is 0 Å². The average Bonchev–Trinajstić information content (AvgIpc) is 3.75. The first kappa shape index (κ1) is 29.4. The maximum atomic E-state index is 6.22. The highest BCUT2D eigenvalue weighted by Crippen LogP contribution is 2.30. The highest BCUT2D eigenvalue weighted by Gasteiger charge is 2.26. The van der Waals surface area contributed by atoms with E-state index < -0.39 is 0 Å². The van der Waals surface area contributed by atoms with E-state index in [1.165, 1.54) is 11.1 Å². The summed E-state index contributed by atoms with van der Waals surface area (Å²) >= 11 is 6.22. The summed E-state index contributed by atoms with van der Waals surface area (Å²) < 4.78 is 7.74. The van der Waals surface area contributed by atoms with E-state index in [-0.39, 0.29) is 6.04 Å². The maximum absolute atomic E-state index is 6.22. The molecule has 0 N–H and O–H groups in total. The summed E-state index contributed by atoms with van der Waals surface area (Å²) in [4.78, 5) is 7.77. The molecule has 3 heterocycles. The first-order valence-corrected chi connectivity index (χ1v) is 15.7. The van der Waals surface area contributed by atoms with E-state index in [1.807, 2.05) is 47.1 Å². The molecule has 1 atom stereocenters. The Hall–Kier alpha value is -3.68. The molecule has 0 aliphatic carbocycles. The number of likely N-dealkylation sites (N-methyl/N-ethyl adjacent to an activating group) is 1. The van der Waals surface area contributed by atoms with Crippen molar-refractivity contribution in [1.29, 1.82) is 0 Å². The zero-order valence-electron chi connectivity index (χ0n) is 24.9. The monoisotopic (exact) mass is 593 g/mol. The van der Waals surface area contributed by atoms with Crippen LogP contribution in [-0.4, -0.2) is 76.8 Å². The van der Waals surface area contributed by atoms with Crippen molar-refractivity contribution < 1.29 is 4.42 Å². The SMILES string of the molecule is CCN(CCc1cc(-c2ccco2)n(-c2ccccc2)n1)CCN1CCN(C(c2ccccc2)c2ccc(Cl)cc2)CC1. The standard InChI is InChI=1S/C36H40ClN5O/c1-2-39(20-19-32-28-34(35-14-9-27-43-35)42(38-32)33-12-7-4-8-13-33)21-22-40-23-25-41(26-24-40)36(29-10-5-3-6-11-29)30-15-17-31(37)18-16-30/h3-18,27-28,36H,2,19-26H2,1H3. The van der Waals surface area contributed by atoms with Crippen LogP contribution in [0.15, 0.2) is 114 Å². The Balaban J connectivity index is 1.04. The first-order valence-electron chi connectivity index (χ1n) is 15.4. The molecule has 1 fully saturated rings. The van der Waals surface area contributed by atoms with Gasteiger partial charge >= 0.3 is 0 Å². The summed E-state index contributed by atoms with van der Waals surface area (Å²) in [5, 5.41) is 5.76. The van der Waals surface area contributed by atoms with Gasteiger partial charge in [0.2, 0.25) is 0 Å². The van der Waals surface area contributed by atoms with Gasteiger partial charge < -0.3 is 9.32 Å². The van der Waals surface area contributed by atoms with Gasteiger partial charge in [0.05, 0.1) is 23.7 Å². The first-order chi connectivity index (χ1) is 21.2. The molecule has 1 aliphatic heterocycles. The normalized spacial score (nSPS) is 15.2. The molecule has 3 aromatic carbocycles. The van der Waals surface area contributed by atoms with Crippen LogP contribution in [0.5, 0.6) is 0 Å². The number of piperazine rings is 1. The third-order valence-corrected chi connectivity index (χ3v) is 8.72. The van der Waals surface area contributed by atoms with Crippen LogP contribution in [0.3, 0.4) is 0 Å². The Bertz CT molecular complexity index is 1530. The molecule has 0 radical (unpaired) electrons. The van der Waals surface area contributed by atoms with Gasteiger partial charge in [0.25, 0.3) is 0 Å². The number of benzene rings is 3. The van der Waals surface area contributed by atoms with Gasteiger partial charge in [-0.25, -0.2) is 4.68 Å².